The first kappa shape index (κ1) is 15.7. The summed E-state index contributed by atoms with van der Waals surface area (Å²) in [6.07, 6.45) is 8.25. The second kappa shape index (κ2) is 6.99. The van der Waals surface area contributed by atoms with E-state index in [4.69, 9.17) is 4.98 Å². The predicted molar refractivity (Wildman–Crippen MR) is 102 cm³/mol. The first-order chi connectivity index (χ1) is 11.8. The Kier molecular flexibility index (Phi) is 4.58. The molecule has 1 aliphatic rings. The zero-order chi connectivity index (χ0) is 16.4. The van der Waals surface area contributed by atoms with E-state index in [9.17, 15) is 0 Å². The fourth-order valence-electron chi connectivity index (χ4n) is 3.51. The molecular weight excluding hydrogens is 314 g/mol. The summed E-state index contributed by atoms with van der Waals surface area (Å²) < 4.78 is 2.26. The van der Waals surface area contributed by atoms with Crippen molar-refractivity contribution in [1.29, 1.82) is 0 Å². The highest BCUT2D eigenvalue weighted by Crippen LogP contribution is 2.28. The molecule has 0 spiro atoms. The molecule has 0 amide bonds. The molecule has 4 heteroatoms. The van der Waals surface area contributed by atoms with Gasteiger partial charge in [0.1, 0.15) is 5.65 Å². The van der Waals surface area contributed by atoms with Gasteiger partial charge < -0.3 is 4.40 Å². The zero-order valence-electron chi connectivity index (χ0n) is 14.1. The summed E-state index contributed by atoms with van der Waals surface area (Å²) >= 11 is 1.78. The monoisotopic (exact) mass is 337 g/mol. The molecule has 3 nitrogen and oxygen atoms in total. The second-order valence-electron chi connectivity index (χ2n) is 6.40. The lowest BCUT2D eigenvalue weighted by Gasteiger charge is -2.26. The van der Waals surface area contributed by atoms with Gasteiger partial charge in [0.15, 0.2) is 0 Å². The maximum Gasteiger partial charge on any atom is 0.137 e. The molecular formula is C20H23N3S. The number of pyridine rings is 1. The van der Waals surface area contributed by atoms with Crippen LogP contribution in [0.3, 0.4) is 0 Å². The van der Waals surface area contributed by atoms with E-state index < -0.39 is 0 Å². The number of fused-ring (bicyclic) bond motifs is 1. The Morgan fingerprint density at radius 3 is 2.54 bits per heavy atom. The van der Waals surface area contributed by atoms with Gasteiger partial charge >= 0.3 is 0 Å². The van der Waals surface area contributed by atoms with Crippen LogP contribution in [0.1, 0.15) is 25.0 Å². The number of piperidine rings is 1. The van der Waals surface area contributed by atoms with Crippen LogP contribution in [0.25, 0.3) is 16.9 Å². The van der Waals surface area contributed by atoms with Crippen LogP contribution in [0.15, 0.2) is 53.6 Å². The summed E-state index contributed by atoms with van der Waals surface area (Å²) in [7, 11) is 0. The molecule has 0 N–H and O–H groups in total. The van der Waals surface area contributed by atoms with E-state index in [1.165, 1.54) is 48.5 Å². The molecule has 1 aliphatic heterocycles. The van der Waals surface area contributed by atoms with Gasteiger partial charge in [0, 0.05) is 23.2 Å². The Morgan fingerprint density at radius 2 is 1.79 bits per heavy atom. The summed E-state index contributed by atoms with van der Waals surface area (Å²) in [5, 5.41) is 0. The number of thioether (sulfide) groups is 1. The number of rotatable bonds is 4. The van der Waals surface area contributed by atoms with E-state index in [-0.39, 0.29) is 0 Å². The number of nitrogens with zero attached hydrogens (tertiary/aromatic N) is 3. The lowest BCUT2D eigenvalue weighted by molar-refractivity contribution is 0.218. The molecule has 3 aromatic rings. The van der Waals surface area contributed by atoms with Crippen molar-refractivity contribution in [3.8, 4) is 11.3 Å². The van der Waals surface area contributed by atoms with Crippen molar-refractivity contribution in [3.63, 3.8) is 0 Å². The fourth-order valence-corrected chi connectivity index (χ4v) is 3.92. The maximum absolute atomic E-state index is 4.93. The quantitative estimate of drug-likeness (QED) is 0.643. The number of imidazole rings is 1. The molecule has 0 saturated carbocycles. The molecule has 0 aliphatic carbocycles. The van der Waals surface area contributed by atoms with E-state index >= 15 is 0 Å². The Bertz CT molecular complexity index is 817. The van der Waals surface area contributed by atoms with Crippen LogP contribution in [0.2, 0.25) is 0 Å². The average Bonchev–Trinajstić information content (AvgIpc) is 3.01. The molecule has 4 rings (SSSR count). The van der Waals surface area contributed by atoms with E-state index in [1.54, 1.807) is 11.8 Å². The van der Waals surface area contributed by atoms with E-state index in [0.717, 1.165) is 17.9 Å². The van der Waals surface area contributed by atoms with Crippen molar-refractivity contribution in [2.75, 3.05) is 19.3 Å². The number of hydrogen-bond donors (Lipinski definition) is 0. The van der Waals surface area contributed by atoms with E-state index in [2.05, 4.69) is 64.2 Å². The highest BCUT2D eigenvalue weighted by Gasteiger charge is 2.18. The van der Waals surface area contributed by atoms with E-state index in [1.807, 2.05) is 0 Å². The Labute approximate surface area is 147 Å². The molecule has 1 saturated heterocycles. The van der Waals surface area contributed by atoms with Crippen molar-refractivity contribution in [1.82, 2.24) is 14.3 Å². The number of likely N-dealkylation sites (tertiary alicyclic amines) is 1. The minimum atomic E-state index is 0.977. The highest BCUT2D eigenvalue weighted by atomic mass is 32.2. The Morgan fingerprint density at radius 1 is 1.00 bits per heavy atom. The molecule has 2 aromatic heterocycles. The van der Waals surface area contributed by atoms with Gasteiger partial charge in [0.2, 0.25) is 0 Å². The van der Waals surface area contributed by atoms with Gasteiger partial charge in [0.25, 0.3) is 0 Å². The summed E-state index contributed by atoms with van der Waals surface area (Å²) in [4.78, 5) is 8.79. The third-order valence-electron chi connectivity index (χ3n) is 4.81. The summed E-state index contributed by atoms with van der Waals surface area (Å²) in [5.74, 6) is 0. The number of aromatic nitrogens is 2. The van der Waals surface area contributed by atoms with Gasteiger partial charge in [-0.3, -0.25) is 4.90 Å². The number of benzene rings is 1. The predicted octanol–water partition coefficient (Wildman–Crippen LogP) is 4.71. The average molecular weight is 337 g/mol. The van der Waals surface area contributed by atoms with Crippen LogP contribution < -0.4 is 0 Å². The molecule has 0 unspecified atom stereocenters. The lowest BCUT2D eigenvalue weighted by Crippen LogP contribution is -2.29. The largest absolute Gasteiger partial charge is 0.302 e. The summed E-state index contributed by atoms with van der Waals surface area (Å²) in [6, 6.07) is 15.0. The van der Waals surface area contributed by atoms with Crippen LogP contribution in [-0.2, 0) is 6.54 Å². The molecule has 24 heavy (non-hydrogen) atoms. The van der Waals surface area contributed by atoms with Gasteiger partial charge in [-0.2, -0.15) is 0 Å². The van der Waals surface area contributed by atoms with Crippen molar-refractivity contribution in [2.24, 2.45) is 0 Å². The Balaban J connectivity index is 1.76. The van der Waals surface area contributed by atoms with Crippen LogP contribution in [0, 0.1) is 0 Å². The van der Waals surface area contributed by atoms with Gasteiger partial charge in [0.05, 0.1) is 11.4 Å². The topological polar surface area (TPSA) is 20.5 Å². The van der Waals surface area contributed by atoms with Crippen molar-refractivity contribution < 1.29 is 0 Å². The van der Waals surface area contributed by atoms with Gasteiger partial charge in [-0.25, -0.2) is 4.98 Å². The third-order valence-corrected chi connectivity index (χ3v) is 5.56. The number of hydrogen-bond acceptors (Lipinski definition) is 3. The second-order valence-corrected chi connectivity index (χ2v) is 7.28. The highest BCUT2D eigenvalue weighted by molar-refractivity contribution is 7.98. The maximum atomic E-state index is 4.93. The minimum absolute atomic E-state index is 0.977. The molecule has 124 valence electrons. The van der Waals surface area contributed by atoms with E-state index in [0.29, 0.717) is 0 Å². The van der Waals surface area contributed by atoms with Gasteiger partial charge in [-0.1, -0.05) is 24.6 Å². The van der Waals surface area contributed by atoms with Crippen molar-refractivity contribution in [3.05, 3.63) is 54.4 Å². The fraction of sp³-hybridized carbons (Fsp3) is 0.350. The molecule has 1 fully saturated rings. The zero-order valence-corrected chi connectivity index (χ0v) is 14.9. The minimum Gasteiger partial charge on any atom is -0.302 e. The molecule has 0 bridgehead atoms. The third kappa shape index (κ3) is 3.08. The SMILES string of the molecule is CSc1ccc(-c2nc3ccccn3c2CN2CCCCC2)cc1. The van der Waals surface area contributed by atoms with Gasteiger partial charge in [-0.05, 0) is 56.5 Å². The van der Waals surface area contributed by atoms with Crippen LogP contribution in [-0.4, -0.2) is 33.6 Å². The van der Waals surface area contributed by atoms with Gasteiger partial charge in [-0.15, -0.1) is 11.8 Å². The van der Waals surface area contributed by atoms with Crippen molar-refractivity contribution >= 4 is 17.4 Å². The Hall–Kier alpha value is -1.78. The molecule has 0 atom stereocenters. The van der Waals surface area contributed by atoms with Crippen LogP contribution in [0.4, 0.5) is 0 Å². The molecule has 1 aromatic carbocycles. The van der Waals surface area contributed by atoms with Crippen LogP contribution >= 0.6 is 11.8 Å². The van der Waals surface area contributed by atoms with Crippen LogP contribution in [0.5, 0.6) is 0 Å². The first-order valence-corrected chi connectivity index (χ1v) is 9.90. The normalized spacial score (nSPS) is 15.9. The smallest absolute Gasteiger partial charge is 0.137 e. The summed E-state index contributed by atoms with van der Waals surface area (Å²) in [6.45, 7) is 3.38. The molecule has 3 heterocycles. The van der Waals surface area contributed by atoms with Crippen molar-refractivity contribution in [2.45, 2.75) is 30.7 Å². The first-order valence-electron chi connectivity index (χ1n) is 8.68. The lowest BCUT2D eigenvalue weighted by atomic mass is 10.1. The summed E-state index contributed by atoms with van der Waals surface area (Å²) in [5.41, 5.74) is 4.68. The standard InChI is InChI=1S/C20H23N3S/c1-24-17-10-8-16(9-11-17)20-18(15-22-12-4-2-5-13-22)23-14-6-3-7-19(23)21-20/h3,6-11,14H,2,4-5,12-13,15H2,1H3. The molecule has 0 radical (unpaired) electrons.